The summed E-state index contributed by atoms with van der Waals surface area (Å²) >= 11 is 0. The molecular weight excluding hydrogens is 260 g/mol. The molecule has 1 atom stereocenters. The highest BCUT2D eigenvalue weighted by Gasteiger charge is 2.14. The Kier molecular flexibility index (Phi) is 13.5. The molecule has 0 aliphatic rings. The molecule has 0 rings (SSSR count). The molecule has 0 aromatic carbocycles. The third-order valence-corrected chi connectivity index (χ3v) is 4.23. The van der Waals surface area contributed by atoms with E-state index in [0.717, 1.165) is 19.3 Å². The average molecular weight is 301 g/mol. The number of unbranched alkanes of at least 4 members (excludes halogenated alkanes) is 10. The second kappa shape index (κ2) is 13.6. The van der Waals surface area contributed by atoms with Crippen LogP contribution in [0.3, 0.4) is 0 Å². The summed E-state index contributed by atoms with van der Waals surface area (Å²) in [5.74, 6) is 0. The smallest absolute Gasteiger partial charge is 0.0592 e. The van der Waals surface area contributed by atoms with E-state index < -0.39 is 5.60 Å². The molecule has 0 radical (unpaired) electrons. The maximum atomic E-state index is 9.84. The monoisotopic (exact) mass is 300 g/mol. The van der Waals surface area contributed by atoms with Gasteiger partial charge in [0.25, 0.3) is 0 Å². The SMILES string of the molecule is CCCCCCCCCCCCCC(O)CCC(C)(C)O. The predicted octanol–water partition coefficient (Wildman–Crippen LogP) is 5.60. The van der Waals surface area contributed by atoms with Crippen LogP contribution < -0.4 is 0 Å². The first kappa shape index (κ1) is 20.9. The molecule has 0 fully saturated rings. The normalized spacial score (nSPS) is 13.6. The van der Waals surface area contributed by atoms with Crippen LogP contribution in [0.1, 0.15) is 111 Å². The summed E-state index contributed by atoms with van der Waals surface area (Å²) in [6.45, 7) is 5.88. The van der Waals surface area contributed by atoms with E-state index in [1.165, 1.54) is 64.2 Å². The fourth-order valence-corrected chi connectivity index (χ4v) is 2.71. The Morgan fingerprint density at radius 1 is 0.714 bits per heavy atom. The van der Waals surface area contributed by atoms with Crippen LogP contribution in [0.25, 0.3) is 0 Å². The third kappa shape index (κ3) is 17.9. The Morgan fingerprint density at radius 3 is 1.57 bits per heavy atom. The molecule has 0 saturated heterocycles. The topological polar surface area (TPSA) is 40.5 Å². The van der Waals surface area contributed by atoms with Crippen molar-refractivity contribution in [3.63, 3.8) is 0 Å². The van der Waals surface area contributed by atoms with Gasteiger partial charge in [0.05, 0.1) is 11.7 Å². The molecule has 2 N–H and O–H groups in total. The van der Waals surface area contributed by atoms with Crippen LogP contribution >= 0.6 is 0 Å². The van der Waals surface area contributed by atoms with Crippen molar-refractivity contribution in [2.24, 2.45) is 0 Å². The van der Waals surface area contributed by atoms with E-state index >= 15 is 0 Å². The molecule has 0 amide bonds. The van der Waals surface area contributed by atoms with E-state index in [9.17, 15) is 10.2 Å². The van der Waals surface area contributed by atoms with Crippen LogP contribution in [0.15, 0.2) is 0 Å². The molecule has 2 nitrogen and oxygen atoms in total. The van der Waals surface area contributed by atoms with Crippen LogP contribution in [0.5, 0.6) is 0 Å². The van der Waals surface area contributed by atoms with E-state index in [2.05, 4.69) is 6.92 Å². The zero-order valence-corrected chi connectivity index (χ0v) is 14.9. The van der Waals surface area contributed by atoms with Gasteiger partial charge >= 0.3 is 0 Å². The lowest BCUT2D eigenvalue weighted by Crippen LogP contribution is -2.21. The molecule has 0 bridgehead atoms. The first-order chi connectivity index (χ1) is 9.95. The Balaban J connectivity index is 3.18. The van der Waals surface area contributed by atoms with Gasteiger partial charge < -0.3 is 10.2 Å². The minimum absolute atomic E-state index is 0.227. The van der Waals surface area contributed by atoms with Gasteiger partial charge in [0.15, 0.2) is 0 Å². The lowest BCUT2D eigenvalue weighted by atomic mass is 9.97. The fourth-order valence-electron chi connectivity index (χ4n) is 2.71. The van der Waals surface area contributed by atoms with Gasteiger partial charge in [-0.05, 0) is 33.1 Å². The second-order valence-electron chi connectivity index (χ2n) is 7.33. The Bertz CT molecular complexity index is 208. The molecule has 128 valence electrons. The quantitative estimate of drug-likeness (QED) is 0.386. The summed E-state index contributed by atoms with van der Waals surface area (Å²) < 4.78 is 0. The van der Waals surface area contributed by atoms with E-state index in [-0.39, 0.29) is 6.10 Å². The van der Waals surface area contributed by atoms with E-state index in [4.69, 9.17) is 0 Å². The number of rotatable bonds is 15. The second-order valence-corrected chi connectivity index (χ2v) is 7.33. The minimum Gasteiger partial charge on any atom is -0.393 e. The van der Waals surface area contributed by atoms with Gasteiger partial charge in [-0.15, -0.1) is 0 Å². The molecule has 0 aromatic rings. The van der Waals surface area contributed by atoms with Gasteiger partial charge in [0.1, 0.15) is 0 Å². The number of hydrogen-bond donors (Lipinski definition) is 2. The molecule has 1 unspecified atom stereocenters. The van der Waals surface area contributed by atoms with Crippen LogP contribution in [0.2, 0.25) is 0 Å². The zero-order chi connectivity index (χ0) is 16.0. The van der Waals surface area contributed by atoms with Gasteiger partial charge in [-0.3, -0.25) is 0 Å². The fraction of sp³-hybridized carbons (Fsp3) is 1.00. The van der Waals surface area contributed by atoms with Crippen molar-refractivity contribution in [3.8, 4) is 0 Å². The van der Waals surface area contributed by atoms with Gasteiger partial charge in [0.2, 0.25) is 0 Å². The summed E-state index contributed by atoms with van der Waals surface area (Å²) in [5, 5.41) is 19.5. The highest BCUT2D eigenvalue weighted by molar-refractivity contribution is 4.68. The van der Waals surface area contributed by atoms with Crippen molar-refractivity contribution in [1.29, 1.82) is 0 Å². The molecule has 0 aromatic heterocycles. The van der Waals surface area contributed by atoms with Gasteiger partial charge in [0, 0.05) is 0 Å². The lowest BCUT2D eigenvalue weighted by molar-refractivity contribution is 0.0465. The maximum Gasteiger partial charge on any atom is 0.0592 e. The van der Waals surface area contributed by atoms with Gasteiger partial charge in [-0.25, -0.2) is 0 Å². The maximum absolute atomic E-state index is 9.84. The largest absolute Gasteiger partial charge is 0.393 e. The van der Waals surface area contributed by atoms with E-state index in [1.807, 2.05) is 13.8 Å². The Labute approximate surface area is 133 Å². The summed E-state index contributed by atoms with van der Waals surface area (Å²) in [5.41, 5.74) is -0.641. The molecule has 0 aliphatic carbocycles. The van der Waals surface area contributed by atoms with Crippen molar-refractivity contribution in [3.05, 3.63) is 0 Å². The number of aliphatic hydroxyl groups is 2. The first-order valence-electron chi connectivity index (χ1n) is 9.36. The van der Waals surface area contributed by atoms with Crippen molar-refractivity contribution in [2.75, 3.05) is 0 Å². The molecular formula is C19H40O2. The van der Waals surface area contributed by atoms with Crippen molar-refractivity contribution in [2.45, 2.75) is 122 Å². The summed E-state index contributed by atoms with van der Waals surface area (Å²) in [4.78, 5) is 0. The van der Waals surface area contributed by atoms with Gasteiger partial charge in [-0.2, -0.15) is 0 Å². The standard InChI is InChI=1S/C19H40O2/c1-4-5-6-7-8-9-10-11-12-13-14-15-18(20)16-17-19(2,3)21/h18,20-21H,4-17H2,1-3H3. The Hall–Kier alpha value is -0.0800. The molecule has 0 spiro atoms. The highest BCUT2D eigenvalue weighted by Crippen LogP contribution is 2.16. The molecule has 21 heavy (non-hydrogen) atoms. The summed E-state index contributed by atoms with van der Waals surface area (Å²) in [6, 6.07) is 0. The molecule has 0 saturated carbocycles. The zero-order valence-electron chi connectivity index (χ0n) is 14.9. The third-order valence-electron chi connectivity index (χ3n) is 4.23. The van der Waals surface area contributed by atoms with Crippen LogP contribution in [0, 0.1) is 0 Å². The highest BCUT2D eigenvalue weighted by atomic mass is 16.3. The number of aliphatic hydroxyl groups excluding tert-OH is 1. The van der Waals surface area contributed by atoms with E-state index in [1.54, 1.807) is 0 Å². The van der Waals surface area contributed by atoms with Crippen LogP contribution in [-0.2, 0) is 0 Å². The minimum atomic E-state index is -0.641. The van der Waals surface area contributed by atoms with Crippen molar-refractivity contribution < 1.29 is 10.2 Å². The first-order valence-corrected chi connectivity index (χ1v) is 9.36. The summed E-state index contributed by atoms with van der Waals surface area (Å²) in [7, 11) is 0. The van der Waals surface area contributed by atoms with Crippen molar-refractivity contribution >= 4 is 0 Å². The molecule has 0 heterocycles. The average Bonchev–Trinajstić information content (AvgIpc) is 2.42. The van der Waals surface area contributed by atoms with Gasteiger partial charge in [-0.1, -0.05) is 77.6 Å². The predicted molar refractivity (Wildman–Crippen MR) is 92.6 cm³/mol. The van der Waals surface area contributed by atoms with E-state index in [0.29, 0.717) is 6.42 Å². The molecule has 2 heteroatoms. The lowest BCUT2D eigenvalue weighted by Gasteiger charge is -2.19. The molecule has 0 aliphatic heterocycles. The summed E-state index contributed by atoms with van der Waals surface area (Å²) in [6.07, 6.45) is 16.9. The van der Waals surface area contributed by atoms with Crippen LogP contribution in [0.4, 0.5) is 0 Å². The van der Waals surface area contributed by atoms with Crippen molar-refractivity contribution in [1.82, 2.24) is 0 Å². The van der Waals surface area contributed by atoms with Crippen LogP contribution in [-0.4, -0.2) is 21.9 Å². The number of hydrogen-bond acceptors (Lipinski definition) is 2. The Morgan fingerprint density at radius 2 is 1.14 bits per heavy atom.